The van der Waals surface area contributed by atoms with Gasteiger partial charge in [0.25, 0.3) is 5.91 Å². The molecular weight excluding hydrogens is 362 g/mol. The van der Waals surface area contributed by atoms with E-state index in [-0.39, 0.29) is 5.91 Å². The molecule has 140 valence electrons. The number of nitrogens with zero attached hydrogens (tertiary/aromatic N) is 5. The molecule has 1 unspecified atom stereocenters. The van der Waals surface area contributed by atoms with Gasteiger partial charge in [-0.1, -0.05) is 5.21 Å². The molecule has 0 saturated carbocycles. The number of piperidine rings is 1. The van der Waals surface area contributed by atoms with Crippen LogP contribution in [0.2, 0.25) is 0 Å². The van der Waals surface area contributed by atoms with Gasteiger partial charge >= 0.3 is 0 Å². The number of hydrogen-bond donors (Lipinski definition) is 0. The minimum Gasteiger partial charge on any atom is -0.497 e. The molecule has 0 radical (unpaired) electrons. The fourth-order valence-corrected chi connectivity index (χ4v) is 4.19. The zero-order valence-corrected chi connectivity index (χ0v) is 15.9. The second-order valence-corrected chi connectivity index (χ2v) is 7.51. The van der Waals surface area contributed by atoms with Gasteiger partial charge in [0.15, 0.2) is 0 Å². The monoisotopic (exact) mass is 383 g/mol. The summed E-state index contributed by atoms with van der Waals surface area (Å²) in [5.74, 6) is 1.21. The normalized spacial score (nSPS) is 17.1. The molecule has 1 saturated heterocycles. The molecule has 2 aromatic heterocycles. The van der Waals surface area contributed by atoms with Gasteiger partial charge in [-0.25, -0.2) is 4.98 Å². The lowest BCUT2D eigenvalue weighted by molar-refractivity contribution is 0.0654. The number of methoxy groups -OCH3 is 1. The fourth-order valence-electron chi connectivity index (χ4n) is 3.39. The second-order valence-electron chi connectivity index (χ2n) is 6.65. The highest BCUT2D eigenvalue weighted by Crippen LogP contribution is 2.27. The fraction of sp³-hybridized carbons (Fsp3) is 0.368. The summed E-state index contributed by atoms with van der Waals surface area (Å²) in [6.45, 7) is 2.30. The van der Waals surface area contributed by atoms with Crippen LogP contribution in [0.1, 0.15) is 23.3 Å². The number of carbonyl (C=O) groups is 1. The van der Waals surface area contributed by atoms with Crippen LogP contribution in [0.25, 0.3) is 10.6 Å². The summed E-state index contributed by atoms with van der Waals surface area (Å²) < 4.78 is 7.02. The van der Waals surface area contributed by atoms with Gasteiger partial charge in [-0.2, -0.15) is 0 Å². The van der Waals surface area contributed by atoms with Crippen LogP contribution in [0.4, 0.5) is 0 Å². The predicted molar refractivity (Wildman–Crippen MR) is 103 cm³/mol. The summed E-state index contributed by atoms with van der Waals surface area (Å²) in [6, 6.07) is 7.72. The van der Waals surface area contributed by atoms with E-state index in [1.807, 2.05) is 45.4 Å². The predicted octanol–water partition coefficient (Wildman–Crippen LogP) is 2.96. The minimum atomic E-state index is 0.00861. The topological polar surface area (TPSA) is 73.1 Å². The molecule has 0 aliphatic carbocycles. The number of benzene rings is 1. The molecule has 3 heterocycles. The Labute approximate surface area is 161 Å². The van der Waals surface area contributed by atoms with Crippen molar-refractivity contribution in [3.05, 3.63) is 47.7 Å². The van der Waals surface area contributed by atoms with E-state index in [1.165, 1.54) is 11.3 Å². The molecule has 1 amide bonds. The van der Waals surface area contributed by atoms with E-state index < -0.39 is 0 Å². The maximum Gasteiger partial charge on any atom is 0.273 e. The largest absolute Gasteiger partial charge is 0.497 e. The van der Waals surface area contributed by atoms with Crippen LogP contribution < -0.4 is 4.74 Å². The molecule has 27 heavy (non-hydrogen) atoms. The second kappa shape index (κ2) is 7.87. The van der Waals surface area contributed by atoms with Crippen molar-refractivity contribution in [2.45, 2.75) is 19.4 Å². The Morgan fingerprint density at radius 2 is 2.19 bits per heavy atom. The summed E-state index contributed by atoms with van der Waals surface area (Å²) in [6.07, 6.45) is 5.64. The van der Waals surface area contributed by atoms with Crippen LogP contribution in [0.3, 0.4) is 0 Å². The molecule has 1 aromatic carbocycles. The van der Waals surface area contributed by atoms with Crippen molar-refractivity contribution in [1.29, 1.82) is 0 Å². The summed E-state index contributed by atoms with van der Waals surface area (Å²) in [7, 11) is 1.64. The van der Waals surface area contributed by atoms with Crippen LogP contribution in [0.15, 0.2) is 42.0 Å². The summed E-state index contributed by atoms with van der Waals surface area (Å²) in [5, 5.41) is 10.6. The van der Waals surface area contributed by atoms with Crippen LogP contribution >= 0.6 is 11.3 Å². The Morgan fingerprint density at radius 3 is 2.93 bits per heavy atom. The highest BCUT2D eigenvalue weighted by Gasteiger charge is 2.26. The third-order valence-corrected chi connectivity index (χ3v) is 5.68. The van der Waals surface area contributed by atoms with Gasteiger partial charge in [0, 0.05) is 36.8 Å². The summed E-state index contributed by atoms with van der Waals surface area (Å²) >= 11 is 1.49. The van der Waals surface area contributed by atoms with Crippen molar-refractivity contribution in [1.82, 2.24) is 24.9 Å². The Morgan fingerprint density at radius 1 is 1.33 bits per heavy atom. The van der Waals surface area contributed by atoms with E-state index in [2.05, 4.69) is 15.3 Å². The first-order chi connectivity index (χ1) is 13.2. The van der Waals surface area contributed by atoms with E-state index >= 15 is 0 Å². The lowest BCUT2D eigenvalue weighted by Gasteiger charge is -2.32. The van der Waals surface area contributed by atoms with Crippen molar-refractivity contribution in [2.24, 2.45) is 5.92 Å². The molecule has 8 heteroatoms. The van der Waals surface area contributed by atoms with E-state index in [0.29, 0.717) is 11.6 Å². The SMILES string of the molecule is COc1ccc(-c2nc(C(=O)N3CCCC(Cn4ccnn4)C3)cs2)cc1. The molecule has 0 N–H and O–H groups in total. The van der Waals surface area contributed by atoms with Crippen LogP contribution in [-0.2, 0) is 6.54 Å². The van der Waals surface area contributed by atoms with Gasteiger partial charge in [-0.3, -0.25) is 9.48 Å². The number of rotatable bonds is 5. The number of amides is 1. The zero-order valence-electron chi connectivity index (χ0n) is 15.1. The Bertz CT molecular complexity index is 891. The van der Waals surface area contributed by atoms with Crippen molar-refractivity contribution < 1.29 is 9.53 Å². The lowest BCUT2D eigenvalue weighted by Crippen LogP contribution is -2.41. The maximum absolute atomic E-state index is 12.9. The summed E-state index contributed by atoms with van der Waals surface area (Å²) in [5.41, 5.74) is 1.51. The van der Waals surface area contributed by atoms with Crippen molar-refractivity contribution >= 4 is 17.2 Å². The van der Waals surface area contributed by atoms with Crippen LogP contribution in [0, 0.1) is 5.92 Å². The quantitative estimate of drug-likeness (QED) is 0.677. The lowest BCUT2D eigenvalue weighted by atomic mass is 9.98. The Hall–Kier alpha value is -2.74. The average molecular weight is 383 g/mol. The van der Waals surface area contributed by atoms with Gasteiger partial charge in [0.1, 0.15) is 16.5 Å². The third kappa shape index (κ3) is 4.00. The number of likely N-dealkylation sites (tertiary alicyclic amines) is 1. The molecule has 1 fully saturated rings. The molecule has 3 aromatic rings. The highest BCUT2D eigenvalue weighted by atomic mass is 32.1. The van der Waals surface area contributed by atoms with Crippen LogP contribution in [-0.4, -0.2) is 51.0 Å². The van der Waals surface area contributed by atoms with E-state index in [4.69, 9.17) is 4.74 Å². The molecule has 1 aliphatic heterocycles. The molecular formula is C19H21N5O2S. The maximum atomic E-state index is 12.9. The number of thiazole rings is 1. The first-order valence-corrected chi connectivity index (χ1v) is 9.84. The standard InChI is InChI=1S/C19H21N5O2S/c1-26-16-6-4-15(5-7-16)18-21-17(13-27-18)19(25)23-9-2-3-14(11-23)12-24-10-8-20-22-24/h4-8,10,13-14H,2-3,9,11-12H2,1H3. The molecule has 1 aliphatic rings. The van der Waals surface area contributed by atoms with E-state index in [9.17, 15) is 4.79 Å². The molecule has 4 rings (SSSR count). The Kier molecular flexibility index (Phi) is 5.15. The minimum absolute atomic E-state index is 0.00861. The summed E-state index contributed by atoms with van der Waals surface area (Å²) in [4.78, 5) is 19.4. The van der Waals surface area contributed by atoms with Gasteiger partial charge in [0.05, 0.1) is 13.3 Å². The molecule has 7 nitrogen and oxygen atoms in total. The number of hydrogen-bond acceptors (Lipinski definition) is 6. The Balaban J connectivity index is 1.43. The van der Waals surface area contributed by atoms with Gasteiger partial charge < -0.3 is 9.64 Å². The molecule has 1 atom stereocenters. The van der Waals surface area contributed by atoms with Gasteiger partial charge in [-0.15, -0.1) is 16.4 Å². The zero-order chi connectivity index (χ0) is 18.6. The van der Waals surface area contributed by atoms with Crippen molar-refractivity contribution in [3.63, 3.8) is 0 Å². The number of aromatic nitrogens is 4. The molecule has 0 spiro atoms. The first-order valence-electron chi connectivity index (χ1n) is 8.96. The van der Waals surface area contributed by atoms with E-state index in [0.717, 1.165) is 48.8 Å². The number of ether oxygens (including phenoxy) is 1. The van der Waals surface area contributed by atoms with Crippen LogP contribution in [0.5, 0.6) is 5.75 Å². The van der Waals surface area contributed by atoms with E-state index in [1.54, 1.807) is 13.3 Å². The third-order valence-electron chi connectivity index (χ3n) is 4.78. The van der Waals surface area contributed by atoms with Gasteiger partial charge in [-0.05, 0) is 43.0 Å². The van der Waals surface area contributed by atoms with Gasteiger partial charge in [0.2, 0.25) is 0 Å². The first kappa shape index (κ1) is 17.7. The number of carbonyl (C=O) groups excluding carboxylic acids is 1. The van der Waals surface area contributed by atoms with Crippen molar-refractivity contribution in [2.75, 3.05) is 20.2 Å². The average Bonchev–Trinajstić information content (AvgIpc) is 3.40. The molecule has 0 bridgehead atoms. The van der Waals surface area contributed by atoms with Crippen molar-refractivity contribution in [3.8, 4) is 16.3 Å². The highest BCUT2D eigenvalue weighted by molar-refractivity contribution is 7.13. The smallest absolute Gasteiger partial charge is 0.273 e.